The average molecular weight is 2100 g/mol. The molecule has 12 aromatic rings. The number of carbonyl (C=O) groups excluding carboxylic acids is 6. The Hall–Kier alpha value is -14.0. The predicted molar refractivity (Wildman–Crippen MR) is 553 cm³/mol. The second-order valence-electron chi connectivity index (χ2n) is 31.9. The van der Waals surface area contributed by atoms with E-state index in [4.69, 9.17) is 40.0 Å². The number of hydrogen-bond acceptors (Lipinski definition) is 18. The number of aryl methyl sites for hydroxylation is 13. The van der Waals surface area contributed by atoms with E-state index in [2.05, 4.69) is 77.0 Å². The average Bonchev–Trinajstić information content (AvgIpc) is 0.835. The maximum atomic E-state index is 13.4. The number of anilines is 6. The summed E-state index contributed by atoms with van der Waals surface area (Å²) in [6, 6.07) is 62.0. The molecule has 0 spiro atoms. The molecule has 12 rings (SSSR count). The summed E-state index contributed by atoms with van der Waals surface area (Å²) in [6.45, 7) is 30.8. The van der Waals surface area contributed by atoms with Crippen LogP contribution < -0.4 is 90.7 Å². The zero-order valence-corrected chi connectivity index (χ0v) is 85.6. The van der Waals surface area contributed by atoms with Gasteiger partial charge in [-0.2, -0.15) is 30.4 Å². The van der Waals surface area contributed by atoms with Crippen LogP contribution in [0.4, 0.5) is 67.3 Å². The minimum atomic E-state index is -0.761. The summed E-state index contributed by atoms with van der Waals surface area (Å²) in [5.74, 6) is 3.99. The van der Waals surface area contributed by atoms with Crippen molar-refractivity contribution in [2.45, 2.75) is 130 Å². The molecule has 12 N–H and O–H groups in total. The molecular formula is C105H120BrClFIN12O18. The molecule has 0 aliphatic heterocycles. The van der Waals surface area contributed by atoms with Gasteiger partial charge in [-0.3, -0.25) is 31.2 Å². The predicted octanol–water partition coefficient (Wildman–Crippen LogP) is 23.6. The Balaban J connectivity index is 0.000000227. The number of urea groups is 6. The fourth-order valence-electron chi connectivity index (χ4n) is 13.4. The molecule has 0 aromatic heterocycles. The van der Waals surface area contributed by atoms with Crippen molar-refractivity contribution in [1.29, 1.82) is 0 Å². The van der Waals surface area contributed by atoms with E-state index >= 15 is 0 Å². The molecule has 0 aliphatic rings. The van der Waals surface area contributed by atoms with Gasteiger partial charge < -0.3 is 60.3 Å². The molecule has 34 heteroatoms. The van der Waals surface area contributed by atoms with Gasteiger partial charge in [-0.1, -0.05) is 195 Å². The van der Waals surface area contributed by atoms with Gasteiger partial charge in [0.15, 0.2) is 0 Å². The molecular weight excluding hydrogens is 1980 g/mol. The number of benzene rings is 12. The third-order valence-corrected chi connectivity index (χ3v) is 22.3. The van der Waals surface area contributed by atoms with Gasteiger partial charge in [0, 0.05) is 94.8 Å². The number of nitrogens with one attached hydrogen (secondary N) is 6. The van der Waals surface area contributed by atoms with Crippen molar-refractivity contribution in [3.8, 4) is 34.5 Å². The first kappa shape index (κ1) is 112. The van der Waals surface area contributed by atoms with Crippen LogP contribution in [0, 0.1) is 99.4 Å². The highest BCUT2D eigenvalue weighted by Gasteiger charge is 2.25. The van der Waals surface area contributed by atoms with Gasteiger partial charge in [0.25, 0.3) is 0 Å². The summed E-state index contributed by atoms with van der Waals surface area (Å²) in [6.07, 6.45) is 1.65. The third kappa shape index (κ3) is 33.7. The molecule has 139 heavy (non-hydrogen) atoms. The van der Waals surface area contributed by atoms with Crippen LogP contribution in [-0.4, -0.2) is 110 Å². The second-order valence-corrected chi connectivity index (χ2v) is 34.5. The van der Waals surface area contributed by atoms with Crippen molar-refractivity contribution >= 4 is 127 Å². The largest absolute Gasteiger partial charge is 0.489 e. The van der Waals surface area contributed by atoms with E-state index in [1.54, 1.807) is 48.5 Å². The molecule has 0 bridgehead atoms. The Bertz CT molecular complexity index is 5570. The lowest BCUT2D eigenvalue weighted by atomic mass is 10.1. The fourth-order valence-corrected chi connectivity index (χ4v) is 14.4. The summed E-state index contributed by atoms with van der Waals surface area (Å²) in [7, 11) is 8.64. The maximum absolute atomic E-state index is 13.4. The fraction of sp³-hybridized carbons (Fsp3) is 0.238. The molecule has 12 amide bonds. The highest BCUT2D eigenvalue weighted by molar-refractivity contribution is 14.1. The van der Waals surface area contributed by atoms with Crippen LogP contribution in [-0.2, 0) is 39.6 Å². The van der Waals surface area contributed by atoms with Crippen molar-refractivity contribution in [3.63, 3.8) is 0 Å². The number of carbonyl (C=O) groups is 6. The summed E-state index contributed by atoms with van der Waals surface area (Å²) >= 11 is 11.4. The maximum Gasteiger partial charge on any atom is 0.345 e. The van der Waals surface area contributed by atoms with Crippen LogP contribution in [0.5, 0.6) is 34.5 Å². The van der Waals surface area contributed by atoms with Crippen molar-refractivity contribution < 1.29 is 92.8 Å². The van der Waals surface area contributed by atoms with Gasteiger partial charge in [0.2, 0.25) is 0 Å². The van der Waals surface area contributed by atoms with Crippen LogP contribution in [0.1, 0.15) is 111 Å². The zero-order chi connectivity index (χ0) is 103. The molecule has 0 fully saturated rings. The Kier molecular flexibility index (Phi) is 44.2. The molecule has 0 saturated heterocycles. The van der Waals surface area contributed by atoms with E-state index in [1.165, 1.54) is 77.2 Å². The molecule has 30 nitrogen and oxygen atoms in total. The topological polar surface area (TPSA) is 371 Å². The number of halogens is 4. The Morgan fingerprint density at radius 3 is 0.820 bits per heavy atom. The molecule has 0 saturated carbocycles. The highest BCUT2D eigenvalue weighted by atomic mass is 127. The van der Waals surface area contributed by atoms with Crippen molar-refractivity contribution in [2.24, 2.45) is 0 Å². The Labute approximate surface area is 837 Å². The molecule has 0 radical (unpaired) electrons. The number of hydroxylamine groups is 6. The quantitative estimate of drug-likeness (QED) is 0.0144. The van der Waals surface area contributed by atoms with E-state index in [0.29, 0.717) is 86.2 Å². The molecule has 0 heterocycles. The van der Waals surface area contributed by atoms with Crippen molar-refractivity contribution in [3.05, 3.63) is 355 Å². The van der Waals surface area contributed by atoms with Gasteiger partial charge >= 0.3 is 36.2 Å². The van der Waals surface area contributed by atoms with E-state index in [1.807, 2.05) is 242 Å². The van der Waals surface area contributed by atoms with Gasteiger partial charge in [0.05, 0.1) is 34.1 Å². The second kappa shape index (κ2) is 54.8. The molecule has 0 unspecified atom stereocenters. The van der Waals surface area contributed by atoms with Crippen LogP contribution in [0.3, 0.4) is 0 Å². The van der Waals surface area contributed by atoms with Crippen molar-refractivity contribution in [1.82, 2.24) is 31.9 Å². The van der Waals surface area contributed by atoms with Gasteiger partial charge in [-0.25, -0.2) is 33.2 Å². The molecule has 12 aromatic carbocycles. The van der Waals surface area contributed by atoms with Crippen LogP contribution >= 0.6 is 50.1 Å². The Morgan fingerprint density at radius 2 is 0.532 bits per heavy atom. The first-order valence-electron chi connectivity index (χ1n) is 43.5. The third-order valence-electron chi connectivity index (χ3n) is 20.9. The lowest BCUT2D eigenvalue weighted by Crippen LogP contribution is -2.36. The monoisotopic (exact) mass is 2100 g/mol. The summed E-state index contributed by atoms with van der Waals surface area (Å²) in [4.78, 5) is 69.9. The van der Waals surface area contributed by atoms with Crippen LogP contribution in [0.25, 0.3) is 6.08 Å². The minimum absolute atomic E-state index is 0.0362. The summed E-state index contributed by atoms with van der Waals surface area (Å²) in [5, 5.41) is 77.9. The standard InChI is InChI=1S/C19H22N2O3.C18H22N2O3.C17H19BrN2O3.C17H19ClN2O3.C17H19FN2O3.C17H19IN2O3/c1-5-15-7-8-16(17(11-15)21(23)19(22)20-4)12-24-18-9-6-13(2)10-14(18)3;1-12-6-8-17(14(3)9-12)23-11-15-7-5-13(2)10-16(15)20(22)18(21)19-4;4*1-11-4-7-16(12(2)8-11)23-10-13-5-6-14(18)9-15(13)20(22)17(21)19-3/h5-11,23H,1,12H2,2-4H3,(H,20,22);5-10,22H,11H2,1-4H3,(H,19,21);4*4-9,22H,10H2,1-3H3,(H,19,21). The number of hydrogen-bond donors (Lipinski definition) is 12. The number of ether oxygens (including phenoxy) is 6. The lowest BCUT2D eigenvalue weighted by molar-refractivity contribution is 0.205. The lowest BCUT2D eigenvalue weighted by Gasteiger charge is -2.19. The first-order valence-corrected chi connectivity index (χ1v) is 45.7. The zero-order valence-electron chi connectivity index (χ0n) is 81.1. The molecule has 0 atom stereocenters. The highest BCUT2D eigenvalue weighted by Crippen LogP contribution is 2.35. The van der Waals surface area contributed by atoms with Crippen LogP contribution in [0.15, 0.2) is 229 Å². The molecule has 0 aliphatic carbocycles. The normalized spacial score (nSPS) is 10.3. The number of nitrogens with zero attached hydrogens (tertiary/aromatic N) is 6. The van der Waals surface area contributed by atoms with Crippen LogP contribution in [0.2, 0.25) is 5.02 Å². The van der Waals surface area contributed by atoms with Crippen molar-refractivity contribution in [2.75, 3.05) is 72.7 Å². The number of amides is 12. The first-order chi connectivity index (χ1) is 66.0. The van der Waals surface area contributed by atoms with E-state index in [9.17, 15) is 64.4 Å². The smallest absolute Gasteiger partial charge is 0.345 e. The van der Waals surface area contributed by atoms with E-state index in [-0.39, 0.29) is 51.0 Å². The SMILES string of the molecule is C=Cc1ccc(COc2ccc(C)cc2C)c(N(O)C(=O)NC)c1.CNC(=O)N(O)c1cc(Br)ccc1COc1ccc(C)cc1C.CNC(=O)N(O)c1cc(C)ccc1COc1ccc(C)cc1C.CNC(=O)N(O)c1cc(Cl)ccc1COc1ccc(C)cc1C.CNC(=O)N(O)c1cc(F)ccc1COc1ccc(C)cc1C.CNC(=O)N(O)c1cc(I)ccc1COc1ccc(C)cc1C. The Morgan fingerprint density at radius 1 is 0.309 bits per heavy atom. The van der Waals surface area contributed by atoms with Gasteiger partial charge in [-0.05, 0) is 248 Å². The molecule has 736 valence electrons. The summed E-state index contributed by atoms with van der Waals surface area (Å²) < 4.78 is 50.0. The summed E-state index contributed by atoms with van der Waals surface area (Å²) in [5.41, 5.74) is 20.7. The minimum Gasteiger partial charge on any atom is -0.489 e. The van der Waals surface area contributed by atoms with E-state index < -0.39 is 42.0 Å². The number of rotatable bonds is 25. The van der Waals surface area contributed by atoms with E-state index in [0.717, 1.165) is 115 Å². The van der Waals surface area contributed by atoms with Gasteiger partial charge in [0.1, 0.15) is 80.0 Å². The van der Waals surface area contributed by atoms with Gasteiger partial charge in [-0.15, -0.1) is 0 Å².